The number of carbonyl (C=O) groups excluding carboxylic acids is 4. The van der Waals surface area contributed by atoms with Gasteiger partial charge >= 0.3 is 5.97 Å². The van der Waals surface area contributed by atoms with Crippen molar-refractivity contribution in [2.45, 2.75) is 39.7 Å². The van der Waals surface area contributed by atoms with Crippen molar-refractivity contribution in [1.29, 1.82) is 0 Å². The van der Waals surface area contributed by atoms with Gasteiger partial charge in [0.25, 0.3) is 21.9 Å². The quantitative estimate of drug-likeness (QED) is 0.141. The van der Waals surface area contributed by atoms with Crippen LogP contribution in [-0.2, 0) is 31.1 Å². The number of carboxylic acids is 1. The molecule has 1 aliphatic heterocycles. The molecular weight excluding hydrogens is 564 g/mol. The summed E-state index contributed by atoms with van der Waals surface area (Å²) in [5.41, 5.74) is 3.92. The lowest BCUT2D eigenvalue weighted by Gasteiger charge is -2.17. The number of amides is 2. The summed E-state index contributed by atoms with van der Waals surface area (Å²) in [5, 5.41) is 13.6. The highest BCUT2D eigenvalue weighted by Crippen LogP contribution is 2.32. The second-order valence-electron chi connectivity index (χ2n) is 10.1. The van der Waals surface area contributed by atoms with Gasteiger partial charge in [0.1, 0.15) is 0 Å². The van der Waals surface area contributed by atoms with Crippen molar-refractivity contribution in [2.75, 3.05) is 5.75 Å². The molecule has 2 amide bonds. The number of aromatic carboxylic acids is 1. The Morgan fingerprint density at radius 3 is 2.29 bits per heavy atom. The summed E-state index contributed by atoms with van der Waals surface area (Å²) in [5.74, 6) is -3.83. The van der Waals surface area contributed by atoms with Gasteiger partial charge in [-0.3, -0.25) is 14.1 Å². The lowest BCUT2D eigenvalue weighted by Crippen LogP contribution is -2.38. The molecule has 1 N–H and O–H groups in total. The van der Waals surface area contributed by atoms with Crippen LogP contribution in [-0.4, -0.2) is 47.5 Å². The molecule has 0 unspecified atom stereocenters. The SMILES string of the molecule is Cc1c(C(=O)ON2C(=O)CCC2=O)ccc(-c2ccc3c(C(=O)[O-])c4ccccc4[n+](CCCS(=O)(=O)O)c3c2)c1C. The summed E-state index contributed by atoms with van der Waals surface area (Å²) in [6, 6.07) is 15.2. The largest absolute Gasteiger partial charge is 0.545 e. The number of benzene rings is 3. The molecule has 0 aliphatic carbocycles. The summed E-state index contributed by atoms with van der Waals surface area (Å²) in [7, 11) is -4.20. The highest BCUT2D eigenvalue weighted by Gasteiger charge is 2.33. The molecule has 0 spiro atoms. The molecule has 12 heteroatoms. The normalized spacial score (nSPS) is 13.7. The van der Waals surface area contributed by atoms with E-state index in [1.165, 1.54) is 6.07 Å². The molecule has 1 saturated heterocycles. The van der Waals surface area contributed by atoms with Crippen molar-refractivity contribution in [3.8, 4) is 11.1 Å². The lowest BCUT2D eigenvalue weighted by atomic mass is 9.92. The van der Waals surface area contributed by atoms with Gasteiger partial charge < -0.3 is 14.7 Å². The van der Waals surface area contributed by atoms with E-state index in [0.717, 1.165) is 5.56 Å². The molecule has 11 nitrogen and oxygen atoms in total. The highest BCUT2D eigenvalue weighted by atomic mass is 32.2. The van der Waals surface area contributed by atoms with Gasteiger partial charge in [-0.2, -0.15) is 13.0 Å². The Labute approximate surface area is 240 Å². The Kier molecular flexibility index (Phi) is 7.52. The number of para-hydroxylation sites is 1. The number of hydrogen-bond acceptors (Lipinski definition) is 8. The average Bonchev–Trinajstić information content (AvgIpc) is 3.25. The summed E-state index contributed by atoms with van der Waals surface area (Å²) in [4.78, 5) is 54.0. The van der Waals surface area contributed by atoms with Crippen LogP contribution in [0.5, 0.6) is 0 Å². The van der Waals surface area contributed by atoms with Gasteiger partial charge in [0, 0.05) is 37.0 Å². The summed E-state index contributed by atoms with van der Waals surface area (Å²) >= 11 is 0. The zero-order valence-electron chi connectivity index (χ0n) is 22.7. The van der Waals surface area contributed by atoms with Gasteiger partial charge in [0.05, 0.1) is 28.1 Å². The molecule has 216 valence electrons. The number of hydrogen-bond donors (Lipinski definition) is 1. The highest BCUT2D eigenvalue weighted by molar-refractivity contribution is 7.85. The Morgan fingerprint density at radius 1 is 0.952 bits per heavy atom. The van der Waals surface area contributed by atoms with Gasteiger partial charge in [0.15, 0.2) is 6.54 Å². The van der Waals surface area contributed by atoms with Crippen LogP contribution in [0, 0.1) is 13.8 Å². The number of imide groups is 1. The minimum absolute atomic E-state index is 0.00446. The molecule has 0 radical (unpaired) electrons. The second-order valence-corrected chi connectivity index (χ2v) is 11.6. The van der Waals surface area contributed by atoms with E-state index in [-0.39, 0.29) is 36.9 Å². The minimum Gasteiger partial charge on any atom is -0.545 e. The molecule has 0 saturated carbocycles. The zero-order chi connectivity index (χ0) is 30.3. The van der Waals surface area contributed by atoms with E-state index in [0.29, 0.717) is 43.6 Å². The van der Waals surface area contributed by atoms with Crippen LogP contribution in [0.25, 0.3) is 32.9 Å². The van der Waals surface area contributed by atoms with Crippen molar-refractivity contribution in [2.24, 2.45) is 0 Å². The second kappa shape index (κ2) is 11.0. The van der Waals surface area contributed by atoms with E-state index < -0.39 is 39.6 Å². The first kappa shape index (κ1) is 28.8. The Bertz CT molecular complexity index is 1920. The predicted octanol–water partition coefficient (Wildman–Crippen LogP) is 2.43. The van der Waals surface area contributed by atoms with E-state index >= 15 is 0 Å². The first-order valence-corrected chi connectivity index (χ1v) is 14.7. The van der Waals surface area contributed by atoms with Crippen molar-refractivity contribution >= 4 is 55.7 Å². The van der Waals surface area contributed by atoms with Crippen LogP contribution in [0.1, 0.15) is 51.1 Å². The molecule has 1 aromatic heterocycles. The number of aryl methyl sites for hydroxylation is 1. The summed E-state index contributed by atoms with van der Waals surface area (Å²) in [6.45, 7) is 3.68. The van der Waals surface area contributed by atoms with Crippen LogP contribution in [0.15, 0.2) is 54.6 Å². The molecule has 1 fully saturated rings. The zero-order valence-corrected chi connectivity index (χ0v) is 23.6. The number of pyridine rings is 1. The third-order valence-electron chi connectivity index (χ3n) is 7.51. The Hall–Kier alpha value is -4.68. The lowest BCUT2D eigenvalue weighted by molar-refractivity contribution is -0.645. The predicted molar refractivity (Wildman–Crippen MR) is 148 cm³/mol. The first-order chi connectivity index (χ1) is 19.9. The number of aromatic nitrogens is 1. The molecule has 0 bridgehead atoms. The number of hydroxylamine groups is 2. The number of carboxylic acid groups (broad SMARTS) is 1. The first-order valence-electron chi connectivity index (χ1n) is 13.1. The van der Waals surface area contributed by atoms with Crippen LogP contribution in [0.2, 0.25) is 0 Å². The molecule has 4 aromatic rings. The van der Waals surface area contributed by atoms with Gasteiger partial charge in [-0.1, -0.05) is 24.3 Å². The number of rotatable bonds is 8. The fourth-order valence-electron chi connectivity index (χ4n) is 5.34. The Balaban J connectivity index is 1.62. The molecule has 2 heterocycles. The van der Waals surface area contributed by atoms with Crippen LogP contribution >= 0.6 is 0 Å². The standard InChI is InChI=1S/C30H26N2O9S/c1-17-18(2)21(30(37)41-32-26(33)12-13-27(32)34)11-10-20(17)19-8-9-23-25(16-19)31(14-5-15-42(38,39)40)24-7-4-3-6-22(24)28(23)29(35)36/h3-4,6-11,16H,5,12-15H2,1-2H3,(H-,35,36,38,39,40). The summed E-state index contributed by atoms with van der Waals surface area (Å²) < 4.78 is 33.9. The number of carbonyl (C=O) groups is 4. The van der Waals surface area contributed by atoms with Crippen LogP contribution < -0.4 is 9.67 Å². The maximum absolute atomic E-state index is 12.8. The minimum atomic E-state index is -4.20. The van der Waals surface area contributed by atoms with Crippen molar-refractivity contribution in [3.63, 3.8) is 0 Å². The van der Waals surface area contributed by atoms with Crippen molar-refractivity contribution in [3.05, 3.63) is 76.9 Å². The van der Waals surface area contributed by atoms with Crippen molar-refractivity contribution in [1.82, 2.24) is 5.06 Å². The maximum Gasteiger partial charge on any atom is 0.364 e. The van der Waals surface area contributed by atoms with E-state index in [9.17, 15) is 37.3 Å². The maximum atomic E-state index is 12.8. The van der Waals surface area contributed by atoms with Crippen LogP contribution in [0.4, 0.5) is 0 Å². The van der Waals surface area contributed by atoms with Gasteiger partial charge in [-0.25, -0.2) is 4.79 Å². The molecule has 5 rings (SSSR count). The number of fused-ring (bicyclic) bond motifs is 2. The molecule has 42 heavy (non-hydrogen) atoms. The average molecular weight is 591 g/mol. The van der Waals surface area contributed by atoms with Crippen LogP contribution in [0.3, 0.4) is 0 Å². The topological polar surface area (TPSA) is 162 Å². The van der Waals surface area contributed by atoms with Gasteiger partial charge in [-0.05, 0) is 54.3 Å². The van der Waals surface area contributed by atoms with Gasteiger partial charge in [-0.15, -0.1) is 5.06 Å². The third kappa shape index (κ3) is 5.33. The molecule has 1 aliphatic rings. The van der Waals surface area contributed by atoms with Crippen molar-refractivity contribution < 1.29 is 46.7 Å². The fourth-order valence-corrected chi connectivity index (χ4v) is 5.83. The monoisotopic (exact) mass is 590 g/mol. The third-order valence-corrected chi connectivity index (χ3v) is 8.31. The fraction of sp³-hybridized carbons (Fsp3) is 0.233. The van der Waals surface area contributed by atoms with E-state index in [1.807, 2.05) is 4.57 Å². The smallest absolute Gasteiger partial charge is 0.364 e. The van der Waals surface area contributed by atoms with Gasteiger partial charge in [0.2, 0.25) is 11.0 Å². The van der Waals surface area contributed by atoms with E-state index in [1.54, 1.807) is 62.4 Å². The van der Waals surface area contributed by atoms with E-state index in [2.05, 4.69) is 0 Å². The molecular formula is C30H26N2O9S. The van der Waals surface area contributed by atoms with E-state index in [4.69, 9.17) is 4.84 Å². The number of nitrogens with zero attached hydrogens (tertiary/aromatic N) is 2. The summed E-state index contributed by atoms with van der Waals surface area (Å²) in [6.07, 6.45) is 0.0417. The molecule has 0 atom stereocenters. The Morgan fingerprint density at radius 2 is 1.62 bits per heavy atom. The molecule has 3 aromatic carbocycles.